The number of aromatic nitrogens is 2. The Morgan fingerprint density at radius 2 is 1.62 bits per heavy atom. The molecule has 0 N–H and O–H groups in total. The first-order chi connectivity index (χ1) is 18.0. The van der Waals surface area contributed by atoms with Crippen molar-refractivity contribution in [1.29, 1.82) is 0 Å². The molecule has 1 aliphatic heterocycles. The minimum atomic E-state index is -0.0578. The van der Waals surface area contributed by atoms with Gasteiger partial charge in [0.1, 0.15) is 17.2 Å². The Bertz CT molecular complexity index is 1410. The SMILES string of the molecule is COc1ccc(-c2cc(C(=O)N3CCN(c4cccc(Cl)c4)CC3)n(-c3ccc(C)cc3)n2)c(OC)c1. The Morgan fingerprint density at radius 3 is 2.30 bits per heavy atom. The first kappa shape index (κ1) is 24.7. The van der Waals surface area contributed by atoms with Crippen LogP contribution in [0.25, 0.3) is 16.9 Å². The maximum Gasteiger partial charge on any atom is 0.272 e. The Labute approximate surface area is 221 Å². The van der Waals surface area contributed by atoms with Gasteiger partial charge in [-0.25, -0.2) is 4.68 Å². The van der Waals surface area contributed by atoms with Gasteiger partial charge in [-0.2, -0.15) is 5.10 Å². The fourth-order valence-electron chi connectivity index (χ4n) is 4.56. The molecule has 1 amide bonds. The van der Waals surface area contributed by atoms with Gasteiger partial charge in [-0.1, -0.05) is 35.4 Å². The van der Waals surface area contributed by atoms with Gasteiger partial charge in [-0.3, -0.25) is 4.79 Å². The number of benzene rings is 3. The largest absolute Gasteiger partial charge is 0.497 e. The third-order valence-electron chi connectivity index (χ3n) is 6.63. The quantitative estimate of drug-likeness (QED) is 0.339. The number of aryl methyl sites for hydroxylation is 1. The summed E-state index contributed by atoms with van der Waals surface area (Å²) < 4.78 is 12.7. The highest BCUT2D eigenvalue weighted by atomic mass is 35.5. The number of amides is 1. The lowest BCUT2D eigenvalue weighted by Crippen LogP contribution is -2.49. The fourth-order valence-corrected chi connectivity index (χ4v) is 4.75. The molecule has 1 aliphatic rings. The van der Waals surface area contributed by atoms with E-state index in [1.165, 1.54) is 0 Å². The molecule has 5 rings (SSSR count). The van der Waals surface area contributed by atoms with E-state index in [1.54, 1.807) is 18.9 Å². The Balaban J connectivity index is 1.47. The highest BCUT2D eigenvalue weighted by molar-refractivity contribution is 6.30. The van der Waals surface area contributed by atoms with Gasteiger partial charge in [0, 0.05) is 48.5 Å². The molecule has 1 saturated heterocycles. The number of hydrogen-bond acceptors (Lipinski definition) is 5. The molecule has 190 valence electrons. The molecule has 3 aromatic carbocycles. The average Bonchev–Trinajstić information content (AvgIpc) is 3.38. The molecule has 0 saturated carbocycles. The normalized spacial score (nSPS) is 13.5. The van der Waals surface area contributed by atoms with Crippen LogP contribution in [0.2, 0.25) is 5.02 Å². The molecule has 2 heterocycles. The highest BCUT2D eigenvalue weighted by Gasteiger charge is 2.27. The Hall–Kier alpha value is -3.97. The Morgan fingerprint density at radius 1 is 0.865 bits per heavy atom. The predicted octanol–water partition coefficient (Wildman–Crippen LogP) is 5.48. The van der Waals surface area contributed by atoms with Gasteiger partial charge in [0.2, 0.25) is 0 Å². The number of rotatable bonds is 6. The number of ether oxygens (including phenoxy) is 2. The molecular formula is C29H29ClN4O3. The molecule has 8 heteroatoms. The van der Waals surface area contributed by atoms with Crippen LogP contribution in [0, 0.1) is 6.92 Å². The van der Waals surface area contributed by atoms with Crippen molar-refractivity contribution in [2.24, 2.45) is 0 Å². The predicted molar refractivity (Wildman–Crippen MR) is 146 cm³/mol. The van der Waals surface area contributed by atoms with Gasteiger partial charge < -0.3 is 19.3 Å². The molecule has 0 unspecified atom stereocenters. The van der Waals surface area contributed by atoms with Gasteiger partial charge in [-0.05, 0) is 55.5 Å². The minimum Gasteiger partial charge on any atom is -0.497 e. The number of piperazine rings is 1. The van der Waals surface area contributed by atoms with Crippen LogP contribution in [0.4, 0.5) is 5.69 Å². The summed E-state index contributed by atoms with van der Waals surface area (Å²) in [7, 11) is 3.23. The molecule has 7 nitrogen and oxygen atoms in total. The summed E-state index contributed by atoms with van der Waals surface area (Å²) in [6.07, 6.45) is 0. The molecule has 0 bridgehead atoms. The van der Waals surface area contributed by atoms with Gasteiger partial charge in [-0.15, -0.1) is 0 Å². The molecule has 1 aromatic heterocycles. The van der Waals surface area contributed by atoms with Gasteiger partial charge in [0.25, 0.3) is 5.91 Å². The van der Waals surface area contributed by atoms with Crippen LogP contribution in [-0.2, 0) is 0 Å². The number of carbonyl (C=O) groups is 1. The van der Waals surface area contributed by atoms with Gasteiger partial charge in [0.15, 0.2) is 0 Å². The van der Waals surface area contributed by atoms with Crippen molar-refractivity contribution >= 4 is 23.2 Å². The lowest BCUT2D eigenvalue weighted by molar-refractivity contribution is 0.0737. The van der Waals surface area contributed by atoms with E-state index in [-0.39, 0.29) is 5.91 Å². The van der Waals surface area contributed by atoms with Crippen molar-refractivity contribution in [3.05, 3.63) is 89.1 Å². The van der Waals surface area contributed by atoms with Crippen LogP contribution in [-0.4, -0.2) is 61.0 Å². The van der Waals surface area contributed by atoms with E-state index in [0.29, 0.717) is 41.0 Å². The van der Waals surface area contributed by atoms with Crippen molar-refractivity contribution in [2.45, 2.75) is 6.92 Å². The summed E-state index contributed by atoms with van der Waals surface area (Å²) in [6.45, 7) is 4.69. The smallest absolute Gasteiger partial charge is 0.272 e. The highest BCUT2D eigenvalue weighted by Crippen LogP contribution is 2.34. The molecule has 0 spiro atoms. The maximum absolute atomic E-state index is 13.8. The zero-order valence-electron chi connectivity index (χ0n) is 21.1. The van der Waals surface area contributed by atoms with E-state index in [1.807, 2.05) is 84.6 Å². The van der Waals surface area contributed by atoms with E-state index in [2.05, 4.69) is 4.90 Å². The summed E-state index contributed by atoms with van der Waals surface area (Å²) in [5.74, 6) is 1.26. The summed E-state index contributed by atoms with van der Waals surface area (Å²) in [5.41, 5.74) is 4.98. The molecule has 1 fully saturated rings. The van der Waals surface area contributed by atoms with Crippen LogP contribution < -0.4 is 14.4 Å². The van der Waals surface area contributed by atoms with E-state index in [9.17, 15) is 4.79 Å². The second-order valence-electron chi connectivity index (χ2n) is 8.99. The van der Waals surface area contributed by atoms with Crippen molar-refractivity contribution in [2.75, 3.05) is 45.3 Å². The molecule has 0 aliphatic carbocycles. The summed E-state index contributed by atoms with van der Waals surface area (Å²) >= 11 is 6.18. The second kappa shape index (κ2) is 10.6. The summed E-state index contributed by atoms with van der Waals surface area (Å²) in [5, 5.41) is 5.56. The lowest BCUT2D eigenvalue weighted by Gasteiger charge is -2.36. The monoisotopic (exact) mass is 516 g/mol. The van der Waals surface area contributed by atoms with Crippen LogP contribution >= 0.6 is 11.6 Å². The number of carbonyl (C=O) groups excluding carboxylic acids is 1. The minimum absolute atomic E-state index is 0.0578. The second-order valence-corrected chi connectivity index (χ2v) is 9.42. The van der Waals surface area contributed by atoms with Crippen molar-refractivity contribution in [1.82, 2.24) is 14.7 Å². The molecule has 37 heavy (non-hydrogen) atoms. The van der Waals surface area contributed by atoms with Crippen molar-refractivity contribution in [3.63, 3.8) is 0 Å². The van der Waals surface area contributed by atoms with Crippen molar-refractivity contribution < 1.29 is 14.3 Å². The standard InChI is InChI=1S/C29H29ClN4O3/c1-20-7-9-22(10-8-20)34-27(19-26(31-34)25-12-11-24(36-2)18-28(25)37-3)29(35)33-15-13-32(14-16-33)23-6-4-5-21(30)17-23/h4-12,17-19H,13-16H2,1-3H3. The van der Waals surface area contributed by atoms with E-state index in [4.69, 9.17) is 26.2 Å². The topological polar surface area (TPSA) is 59.8 Å². The first-order valence-corrected chi connectivity index (χ1v) is 12.5. The van der Waals surface area contributed by atoms with Crippen LogP contribution in [0.1, 0.15) is 16.1 Å². The van der Waals surface area contributed by atoms with E-state index < -0.39 is 0 Å². The Kier molecular flexibility index (Phi) is 7.06. The van der Waals surface area contributed by atoms with E-state index in [0.717, 1.165) is 35.6 Å². The lowest BCUT2D eigenvalue weighted by atomic mass is 10.1. The zero-order valence-corrected chi connectivity index (χ0v) is 21.9. The number of anilines is 1. The number of nitrogens with zero attached hydrogens (tertiary/aromatic N) is 4. The van der Waals surface area contributed by atoms with Crippen LogP contribution in [0.5, 0.6) is 11.5 Å². The summed E-state index contributed by atoms with van der Waals surface area (Å²) in [4.78, 5) is 18.0. The van der Waals surface area contributed by atoms with Gasteiger partial charge in [0.05, 0.1) is 25.6 Å². The third-order valence-corrected chi connectivity index (χ3v) is 6.87. The molecule has 4 aromatic rings. The van der Waals surface area contributed by atoms with Crippen molar-refractivity contribution in [3.8, 4) is 28.4 Å². The summed E-state index contributed by atoms with van der Waals surface area (Å²) in [6, 6.07) is 23.2. The zero-order chi connectivity index (χ0) is 25.9. The van der Waals surface area contributed by atoms with E-state index >= 15 is 0 Å². The molecule has 0 radical (unpaired) electrons. The fraction of sp³-hybridized carbons (Fsp3) is 0.241. The average molecular weight is 517 g/mol. The number of methoxy groups -OCH3 is 2. The number of halogens is 1. The van der Waals surface area contributed by atoms with Gasteiger partial charge >= 0.3 is 0 Å². The van der Waals surface area contributed by atoms with Crippen LogP contribution in [0.3, 0.4) is 0 Å². The van der Waals surface area contributed by atoms with Crippen LogP contribution in [0.15, 0.2) is 72.8 Å². The molecular weight excluding hydrogens is 488 g/mol. The third kappa shape index (κ3) is 5.13. The molecule has 0 atom stereocenters. The number of hydrogen-bond donors (Lipinski definition) is 0. The first-order valence-electron chi connectivity index (χ1n) is 12.2. The maximum atomic E-state index is 13.8.